The molecule has 16 aromatic rings. The molecule has 0 aliphatic carbocycles. The highest BCUT2D eigenvalue weighted by Gasteiger charge is 2.26. The van der Waals surface area contributed by atoms with Gasteiger partial charge < -0.3 is 43.7 Å². The van der Waals surface area contributed by atoms with Gasteiger partial charge in [0.15, 0.2) is 34.9 Å². The van der Waals surface area contributed by atoms with Crippen LogP contribution in [0.3, 0.4) is 0 Å². The predicted octanol–water partition coefficient (Wildman–Crippen LogP) is 32.4. The summed E-state index contributed by atoms with van der Waals surface area (Å²) in [5.41, 5.74) is 4.24. The molecule has 16 rings (SSSR count). The summed E-state index contributed by atoms with van der Waals surface area (Å²) in [5.74, 6) is 7.48. The van der Waals surface area contributed by atoms with Crippen LogP contribution < -0.4 is 28.4 Å². The molecule has 0 spiro atoms. The summed E-state index contributed by atoms with van der Waals surface area (Å²) < 4.78 is 37.3. The number of hydrogen-bond donors (Lipinski definition) is 3. The molecule has 6 unspecified atom stereocenters. The van der Waals surface area contributed by atoms with Gasteiger partial charge >= 0.3 is 18.0 Å². The number of ether oxygens (including phenoxy) is 6. The van der Waals surface area contributed by atoms with Crippen LogP contribution in [0.2, 0.25) is 0 Å². The number of unbranched alkanes of at least 4 members (excludes halogenated alkanes) is 6. The second-order valence-electron chi connectivity index (χ2n) is 37.4. The maximum atomic E-state index is 11.3. The van der Waals surface area contributed by atoms with Crippen molar-refractivity contribution < 1.29 is 43.7 Å². The fourth-order valence-electron chi connectivity index (χ4n) is 18.5. The first-order valence-electron chi connectivity index (χ1n) is 51.8. The number of hydrogen-bond acceptors (Lipinski definition) is 18. The Morgan fingerprint density at radius 1 is 0.209 bits per heavy atom. The van der Waals surface area contributed by atoms with Crippen molar-refractivity contribution in [2.24, 2.45) is 35.5 Å². The molecular formula is C121H143N9O9. The van der Waals surface area contributed by atoms with E-state index in [-0.39, 0.29) is 35.3 Å². The molecule has 726 valence electrons. The quantitative estimate of drug-likeness (QED) is 0.0238. The maximum Gasteiger partial charge on any atom is 0.320 e. The molecular weight excluding hydrogens is 1720 g/mol. The van der Waals surface area contributed by atoms with Crippen LogP contribution in [0.4, 0.5) is 0 Å². The molecule has 18 nitrogen and oxygen atoms in total. The van der Waals surface area contributed by atoms with E-state index in [1.807, 2.05) is 78.9 Å². The van der Waals surface area contributed by atoms with Crippen LogP contribution in [0.25, 0.3) is 144 Å². The second kappa shape index (κ2) is 51.5. The minimum absolute atomic E-state index is 0.0611. The van der Waals surface area contributed by atoms with Gasteiger partial charge in [-0.15, -0.1) is 0 Å². The van der Waals surface area contributed by atoms with E-state index in [9.17, 15) is 15.3 Å². The van der Waals surface area contributed by atoms with Crippen molar-refractivity contribution in [3.05, 3.63) is 231 Å². The van der Waals surface area contributed by atoms with Crippen LogP contribution in [0.5, 0.6) is 52.5 Å². The zero-order chi connectivity index (χ0) is 97.4. The van der Waals surface area contributed by atoms with E-state index in [0.717, 1.165) is 180 Å². The van der Waals surface area contributed by atoms with Gasteiger partial charge in [0, 0.05) is 34.9 Å². The third-order valence-corrected chi connectivity index (χ3v) is 27.5. The van der Waals surface area contributed by atoms with Crippen molar-refractivity contribution in [1.82, 2.24) is 44.9 Å². The van der Waals surface area contributed by atoms with Gasteiger partial charge in [-0.1, -0.05) is 356 Å². The highest BCUT2D eigenvalue weighted by atomic mass is 16.5. The lowest BCUT2D eigenvalue weighted by Gasteiger charge is -2.17. The number of nitrogens with zero attached hydrogens (tertiary/aromatic N) is 9. The second-order valence-corrected chi connectivity index (χ2v) is 37.4. The molecule has 18 heteroatoms. The van der Waals surface area contributed by atoms with E-state index in [2.05, 4.69) is 217 Å². The van der Waals surface area contributed by atoms with Crippen molar-refractivity contribution in [2.75, 3.05) is 39.6 Å². The molecule has 3 N–H and O–H groups in total. The number of fused-ring (bicyclic) bond motifs is 10. The van der Waals surface area contributed by atoms with Crippen molar-refractivity contribution in [2.45, 2.75) is 237 Å². The van der Waals surface area contributed by atoms with Gasteiger partial charge in [0.1, 0.15) is 34.5 Å². The molecule has 13 aromatic carbocycles. The number of phenolic OH excluding ortho intramolecular Hbond substituents is 3. The van der Waals surface area contributed by atoms with E-state index in [4.69, 9.17) is 73.3 Å². The number of aromatic hydroxyl groups is 3. The average molecular weight is 1870 g/mol. The van der Waals surface area contributed by atoms with Crippen LogP contribution in [0.1, 0.15) is 237 Å². The molecule has 3 heterocycles. The summed E-state index contributed by atoms with van der Waals surface area (Å²) in [6.07, 6.45) is 27.1. The molecule has 0 aliphatic heterocycles. The lowest BCUT2D eigenvalue weighted by Crippen LogP contribution is -2.13. The third kappa shape index (κ3) is 26.5. The minimum Gasteiger partial charge on any atom is -0.507 e. The van der Waals surface area contributed by atoms with E-state index in [1.165, 1.54) is 66.5 Å². The number of aromatic nitrogens is 9. The molecule has 0 saturated carbocycles. The molecule has 139 heavy (non-hydrogen) atoms. The maximum absolute atomic E-state index is 11.3. The first-order chi connectivity index (χ1) is 68.1. The summed E-state index contributed by atoms with van der Waals surface area (Å²) in [6.45, 7) is 30.0. The topological polar surface area (TPSA) is 232 Å². The Kier molecular flexibility index (Phi) is 37.7. The zero-order valence-corrected chi connectivity index (χ0v) is 83.9. The van der Waals surface area contributed by atoms with Gasteiger partial charge in [-0.25, -0.2) is 15.0 Å². The van der Waals surface area contributed by atoms with Gasteiger partial charge in [-0.2, -0.15) is 29.9 Å². The molecule has 0 saturated heterocycles. The standard InChI is InChI=1S/C43H49N3O3.2C39H47N3O3/c1-5-9-15-29(7-3)27-48-32-22-24-37(40(47)25-32)41-44-42(46-43(45-41)49-28-30(8-4)16-10-6-2)39-26-38-33-18-12-11-17-31(33)21-23-36(38)34-19-13-14-20-35(34)39;1-5-9-15-27(7-3)25-44-31-21-22-34(35(43)24-31)37-40-38(42-39(41-37)45-26-28(8-4)16-10-6-2)36-32-19-13-11-17-29(32)23-30-18-12-14-20-33(30)36;1-5-9-15-27(7-3)25-44-30-21-22-34(36(43)24-30)37-40-38(42-39(41-37)45-26-28(8-4)16-10-6-2)35-23-29-17-11-12-18-31(29)32-19-13-14-20-33(32)35/h11-14,17-26,29-30,47H,5-10,15-16,27-28H2,1-4H3;2*11-14,17-24,27-28,43H,5-10,15-16,25-26H2,1-4H3. The monoisotopic (exact) mass is 1870 g/mol. The Morgan fingerprint density at radius 3 is 0.806 bits per heavy atom. The highest BCUT2D eigenvalue weighted by Crippen LogP contribution is 2.44. The van der Waals surface area contributed by atoms with Gasteiger partial charge in [0.2, 0.25) is 0 Å². The van der Waals surface area contributed by atoms with Crippen LogP contribution in [0.15, 0.2) is 231 Å². The largest absolute Gasteiger partial charge is 0.507 e. The number of phenols is 3. The van der Waals surface area contributed by atoms with Crippen molar-refractivity contribution >= 4 is 75.4 Å². The van der Waals surface area contributed by atoms with Crippen molar-refractivity contribution in [1.29, 1.82) is 0 Å². The van der Waals surface area contributed by atoms with Gasteiger partial charge in [-0.05, 0) is 204 Å². The van der Waals surface area contributed by atoms with E-state index >= 15 is 0 Å². The average Bonchev–Trinajstić information content (AvgIpc) is 0.760. The summed E-state index contributed by atoms with van der Waals surface area (Å²) in [4.78, 5) is 43.9. The van der Waals surface area contributed by atoms with Crippen LogP contribution in [-0.2, 0) is 0 Å². The molecule has 0 amide bonds. The molecule has 3 aromatic heterocycles. The predicted molar refractivity (Wildman–Crippen MR) is 572 cm³/mol. The summed E-state index contributed by atoms with van der Waals surface area (Å²) in [7, 11) is 0. The van der Waals surface area contributed by atoms with Gasteiger partial charge in [0.05, 0.1) is 56.3 Å². The lowest BCUT2D eigenvalue weighted by molar-refractivity contribution is 0.217. The Morgan fingerprint density at radius 2 is 0.468 bits per heavy atom. The summed E-state index contributed by atoms with van der Waals surface area (Å²) >= 11 is 0. The van der Waals surface area contributed by atoms with E-state index in [0.29, 0.717) is 144 Å². The Bertz CT molecular complexity index is 6620. The molecule has 0 radical (unpaired) electrons. The Hall–Kier alpha value is -13.1. The van der Waals surface area contributed by atoms with Crippen molar-refractivity contribution in [3.8, 4) is 121 Å². The minimum atomic E-state index is 0.0611. The van der Waals surface area contributed by atoms with Crippen molar-refractivity contribution in [3.63, 3.8) is 0 Å². The van der Waals surface area contributed by atoms with Gasteiger partial charge in [0.25, 0.3) is 0 Å². The molecule has 0 fully saturated rings. The molecule has 6 atom stereocenters. The number of rotatable bonds is 48. The zero-order valence-electron chi connectivity index (χ0n) is 83.9. The fraction of sp³-hybridized carbons (Fsp3) is 0.397. The third-order valence-electron chi connectivity index (χ3n) is 27.5. The van der Waals surface area contributed by atoms with Crippen LogP contribution in [-0.4, -0.2) is 99.8 Å². The first-order valence-corrected chi connectivity index (χ1v) is 51.8. The van der Waals surface area contributed by atoms with E-state index in [1.54, 1.807) is 18.2 Å². The summed E-state index contributed by atoms with van der Waals surface area (Å²) in [6, 6.07) is 78.0. The molecule has 0 aliphatic rings. The first kappa shape index (κ1) is 102. The SMILES string of the molecule is CCCCC(CC)COc1ccc(-c2nc(OCC(CC)CCCC)nc(-c3c4ccccc4cc4ccccc34)n2)c(O)c1.CCCCC(CC)COc1ccc(-c2nc(OCC(CC)CCCC)nc(-c3cc4c5ccccc5ccc4c4ccccc34)n2)c(O)c1.CCCCC(CC)COc1ccc(-c2nc(OCC(CC)CCCC)nc(-c3cc4ccccc4c4ccccc34)n2)c(O)c1. The lowest BCUT2D eigenvalue weighted by atomic mass is 9.93. The smallest absolute Gasteiger partial charge is 0.320 e. The normalized spacial score (nSPS) is 12.8. The highest BCUT2D eigenvalue weighted by molar-refractivity contribution is 6.21. The Balaban J connectivity index is 0.000000166. The fourth-order valence-corrected chi connectivity index (χ4v) is 18.5. The molecule has 0 bridgehead atoms. The van der Waals surface area contributed by atoms with E-state index < -0.39 is 0 Å². The number of benzene rings is 13. The van der Waals surface area contributed by atoms with Gasteiger partial charge in [-0.3, -0.25) is 0 Å². The Labute approximate surface area is 822 Å². The van der Waals surface area contributed by atoms with Crippen LogP contribution >= 0.6 is 0 Å². The summed E-state index contributed by atoms with van der Waals surface area (Å²) in [5, 5.41) is 49.4. The van der Waals surface area contributed by atoms with Crippen LogP contribution in [0, 0.1) is 35.5 Å².